The molecule has 0 N–H and O–H groups in total. The first-order chi connectivity index (χ1) is 16.8. The van der Waals surface area contributed by atoms with Crippen molar-refractivity contribution in [3.05, 3.63) is 101 Å². The minimum absolute atomic E-state index is 0.00352. The van der Waals surface area contributed by atoms with E-state index >= 15 is 0 Å². The number of benzene rings is 3. The van der Waals surface area contributed by atoms with Crippen LogP contribution in [-0.2, 0) is 0 Å². The van der Waals surface area contributed by atoms with Gasteiger partial charge in [-0.15, -0.1) is 0 Å². The van der Waals surface area contributed by atoms with Gasteiger partial charge in [0.2, 0.25) is 0 Å². The molecule has 0 spiro atoms. The summed E-state index contributed by atoms with van der Waals surface area (Å²) in [4.78, 5) is 8.33. The summed E-state index contributed by atoms with van der Waals surface area (Å²) >= 11 is 2.23. The van der Waals surface area contributed by atoms with Gasteiger partial charge in [-0.2, -0.15) is 0 Å². The van der Waals surface area contributed by atoms with E-state index in [4.69, 9.17) is 0 Å². The van der Waals surface area contributed by atoms with E-state index in [9.17, 15) is 10.2 Å². The SMILES string of the molecule is Cc1ccc2cccc([O-])c2n1.Cc1ccc2cccc([O-])c2n1.Cc1cccc(C)c1N=[N][Al+2]. The van der Waals surface area contributed by atoms with Crippen molar-refractivity contribution < 1.29 is 10.2 Å². The average Bonchev–Trinajstić information content (AvgIpc) is 2.84. The van der Waals surface area contributed by atoms with E-state index in [2.05, 4.69) is 35.7 Å². The summed E-state index contributed by atoms with van der Waals surface area (Å²) in [5, 5.41) is 28.4. The molecule has 6 nitrogen and oxygen atoms in total. The van der Waals surface area contributed by atoms with Gasteiger partial charge in [0, 0.05) is 11.4 Å². The molecule has 0 aliphatic rings. The van der Waals surface area contributed by atoms with Crippen LogP contribution in [0.15, 0.2) is 88.1 Å². The molecule has 35 heavy (non-hydrogen) atoms. The van der Waals surface area contributed by atoms with Crippen LogP contribution in [0.1, 0.15) is 22.5 Å². The first kappa shape index (κ1) is 25.8. The molecule has 2 heterocycles. The number of para-hydroxylation sites is 2. The maximum absolute atomic E-state index is 11.3. The third-order valence-electron chi connectivity index (χ3n) is 5.24. The van der Waals surface area contributed by atoms with Crippen molar-refractivity contribution in [2.45, 2.75) is 27.7 Å². The number of aromatic nitrogens is 2. The first-order valence-corrected chi connectivity index (χ1v) is 11.6. The van der Waals surface area contributed by atoms with Gasteiger partial charge in [0.05, 0.1) is 11.0 Å². The van der Waals surface area contributed by atoms with Gasteiger partial charge in [0.1, 0.15) is 0 Å². The molecular formula is C28H25AlN4O2. The van der Waals surface area contributed by atoms with Gasteiger partial charge in [0.25, 0.3) is 0 Å². The van der Waals surface area contributed by atoms with Crippen LogP contribution in [0.3, 0.4) is 0 Å². The number of pyridine rings is 2. The number of nitrogens with zero attached hydrogens (tertiary/aromatic N) is 4. The summed E-state index contributed by atoms with van der Waals surface area (Å²) in [6.07, 6.45) is 0. The molecule has 2 aromatic heterocycles. The Bertz CT molecular complexity index is 1380. The Morgan fingerprint density at radius 3 is 1.46 bits per heavy atom. The molecule has 0 saturated heterocycles. The molecule has 0 aliphatic heterocycles. The average molecular weight is 477 g/mol. The number of rotatable bonds is 1. The summed E-state index contributed by atoms with van der Waals surface area (Å²) in [5.41, 5.74) is 6.20. The van der Waals surface area contributed by atoms with Crippen LogP contribution in [0, 0.1) is 27.7 Å². The quantitative estimate of drug-likeness (QED) is 0.229. The van der Waals surface area contributed by atoms with Crippen LogP contribution in [0.5, 0.6) is 11.5 Å². The molecule has 172 valence electrons. The molecule has 5 rings (SSSR count). The van der Waals surface area contributed by atoms with Crippen molar-refractivity contribution in [1.29, 1.82) is 0 Å². The van der Waals surface area contributed by atoms with E-state index in [1.807, 2.05) is 82.3 Å². The molecule has 5 aromatic rings. The summed E-state index contributed by atoms with van der Waals surface area (Å²) in [6, 6.07) is 24.1. The van der Waals surface area contributed by atoms with Crippen LogP contribution in [-0.4, -0.2) is 26.5 Å². The van der Waals surface area contributed by atoms with Gasteiger partial charge < -0.3 is 10.2 Å². The van der Waals surface area contributed by atoms with Gasteiger partial charge in [-0.05, 0) is 36.8 Å². The molecule has 0 unspecified atom stereocenters. The van der Waals surface area contributed by atoms with Crippen LogP contribution in [0.4, 0.5) is 5.69 Å². The van der Waals surface area contributed by atoms with Gasteiger partial charge in [-0.1, -0.05) is 60.0 Å². The topological polar surface area (TPSA) is 96.6 Å². The standard InChI is InChI=1S/2C10H9NO.C8H9N2.Al/c2*1-7-5-6-8-3-2-4-9(12)10(8)11-7;1-6-4-3-5-7(2)8(6)10-9;/h2*2-6,12H,1H3;3-5H,1-2H3;/q;;-1;+3/p-2. The Morgan fingerprint density at radius 2 is 1.03 bits per heavy atom. The van der Waals surface area contributed by atoms with E-state index in [0.717, 1.165) is 39.0 Å². The zero-order chi connectivity index (χ0) is 25.4. The van der Waals surface area contributed by atoms with E-state index in [0.29, 0.717) is 11.0 Å². The van der Waals surface area contributed by atoms with Crippen molar-refractivity contribution in [3.8, 4) is 11.5 Å². The molecule has 3 aromatic carbocycles. The number of hydrogen-bond donors (Lipinski definition) is 0. The van der Waals surface area contributed by atoms with Crippen molar-refractivity contribution in [2.75, 3.05) is 0 Å². The molecule has 0 aliphatic carbocycles. The second-order valence-electron chi connectivity index (χ2n) is 8.02. The summed E-state index contributed by atoms with van der Waals surface area (Å²) in [5.74, 6) is -0.00704. The van der Waals surface area contributed by atoms with Gasteiger partial charge in [0.15, 0.2) is 0 Å². The van der Waals surface area contributed by atoms with E-state index < -0.39 is 0 Å². The Balaban J connectivity index is 0.000000147. The van der Waals surface area contributed by atoms with Crippen LogP contribution < -0.4 is 10.2 Å². The molecule has 0 atom stereocenters. The predicted octanol–water partition coefficient (Wildman–Crippen LogP) is 5.70. The molecule has 0 radical (unpaired) electrons. The van der Waals surface area contributed by atoms with Crippen molar-refractivity contribution in [1.82, 2.24) is 9.97 Å². The third kappa shape index (κ3) is 6.86. The Labute approximate surface area is 213 Å². The van der Waals surface area contributed by atoms with E-state index in [1.165, 1.54) is 12.1 Å². The third-order valence-corrected chi connectivity index (χ3v) is 5.36. The van der Waals surface area contributed by atoms with Crippen molar-refractivity contribution >= 4 is 44.0 Å². The van der Waals surface area contributed by atoms with Crippen LogP contribution in [0.25, 0.3) is 21.8 Å². The molecule has 0 amide bonds. The molecule has 0 bridgehead atoms. The van der Waals surface area contributed by atoms with E-state index in [1.54, 1.807) is 12.1 Å². The normalized spacial score (nSPS) is 10.6. The van der Waals surface area contributed by atoms with Gasteiger partial charge >= 0.3 is 74.6 Å². The summed E-state index contributed by atoms with van der Waals surface area (Å²) in [6.45, 7) is 7.82. The number of aryl methyl sites for hydroxylation is 4. The Kier molecular flexibility index (Phi) is 8.91. The second kappa shape index (κ2) is 12.1. The summed E-state index contributed by atoms with van der Waals surface area (Å²) in [7, 11) is 0. The Morgan fingerprint density at radius 1 is 0.600 bits per heavy atom. The molecule has 0 fully saturated rings. The van der Waals surface area contributed by atoms with Crippen LogP contribution >= 0.6 is 0 Å². The maximum atomic E-state index is 11.3. The molecule has 0 saturated carbocycles. The van der Waals surface area contributed by atoms with E-state index in [-0.39, 0.29) is 11.5 Å². The van der Waals surface area contributed by atoms with Crippen molar-refractivity contribution in [2.24, 2.45) is 9.21 Å². The Hall–Kier alpha value is -3.79. The van der Waals surface area contributed by atoms with Crippen molar-refractivity contribution in [3.63, 3.8) is 0 Å². The zero-order valence-electron chi connectivity index (χ0n) is 20.2. The monoisotopic (exact) mass is 476 g/mol. The fourth-order valence-corrected chi connectivity index (χ4v) is 3.57. The first-order valence-electron chi connectivity index (χ1n) is 11.0. The predicted molar refractivity (Wildman–Crippen MR) is 138 cm³/mol. The number of hydrogen-bond acceptors (Lipinski definition) is 6. The van der Waals surface area contributed by atoms with Gasteiger partial charge in [-0.25, -0.2) is 0 Å². The van der Waals surface area contributed by atoms with Crippen LogP contribution in [0.2, 0.25) is 0 Å². The number of fused-ring (bicyclic) bond motifs is 2. The fraction of sp³-hybridized carbons (Fsp3) is 0.143. The molecule has 7 heteroatoms. The minimum atomic E-state index is -0.00352. The summed E-state index contributed by atoms with van der Waals surface area (Å²) < 4.78 is 3.67. The molecular weight excluding hydrogens is 451 g/mol. The van der Waals surface area contributed by atoms with Gasteiger partial charge in [-0.3, -0.25) is 9.97 Å². The fourth-order valence-electron chi connectivity index (χ4n) is 3.46. The zero-order valence-corrected chi connectivity index (χ0v) is 21.3. The second-order valence-corrected chi connectivity index (χ2v) is 8.25.